The highest BCUT2D eigenvalue weighted by molar-refractivity contribution is 6.04. The molecule has 18 atom stereocenters. The highest BCUT2D eigenvalue weighted by atomic mass is 16.6. The van der Waals surface area contributed by atoms with Gasteiger partial charge >= 0.3 is 11.9 Å². The first-order valence-electron chi connectivity index (χ1n) is 16.5. The summed E-state index contributed by atoms with van der Waals surface area (Å²) >= 11 is 0. The maximum Gasteiger partial charge on any atom is 0.321 e. The van der Waals surface area contributed by atoms with Crippen molar-refractivity contribution >= 4 is 11.9 Å². The number of cyclic esters (lactones) is 2. The van der Waals surface area contributed by atoms with Gasteiger partial charge in [-0.05, 0) is 95.7 Å². The van der Waals surface area contributed by atoms with E-state index >= 15 is 0 Å². The van der Waals surface area contributed by atoms with Crippen LogP contribution in [0, 0.1) is 106 Å². The number of rotatable bonds is 0. The van der Waals surface area contributed by atoms with E-state index in [1.165, 1.54) is 11.1 Å². The number of hydrogen-bond acceptors (Lipinski definition) is 5. The number of ether oxygens (including phenoxy) is 3. The van der Waals surface area contributed by atoms with Gasteiger partial charge in [-0.15, -0.1) is 0 Å². The zero-order valence-corrected chi connectivity index (χ0v) is 23.1. The Bertz CT molecular complexity index is 1410. The highest BCUT2D eigenvalue weighted by Gasteiger charge is 2.83. The minimum absolute atomic E-state index is 0.0695. The van der Waals surface area contributed by atoms with E-state index < -0.39 is 10.8 Å². The van der Waals surface area contributed by atoms with Crippen molar-refractivity contribution in [2.24, 2.45) is 106 Å². The predicted molar refractivity (Wildman–Crippen MR) is 146 cm³/mol. The van der Waals surface area contributed by atoms with Gasteiger partial charge < -0.3 is 14.2 Å². The van der Waals surface area contributed by atoms with Crippen LogP contribution in [-0.2, 0) is 23.8 Å². The molecule has 41 heavy (non-hydrogen) atoms. The fraction of sp³-hybridized carbons (Fsp3) is 0.667. The van der Waals surface area contributed by atoms with Gasteiger partial charge in [0.2, 0.25) is 0 Å². The largest absolute Gasteiger partial charge is 0.392 e. The Kier molecular flexibility index (Phi) is 3.69. The molecule has 5 heteroatoms. The molecule has 13 aliphatic carbocycles. The lowest BCUT2D eigenvalue weighted by Crippen LogP contribution is -2.70. The molecule has 0 aromatic carbocycles. The van der Waals surface area contributed by atoms with Crippen molar-refractivity contribution in [3.05, 3.63) is 59.8 Å². The molecule has 8 unspecified atom stereocenters. The van der Waals surface area contributed by atoms with Crippen molar-refractivity contribution in [1.82, 2.24) is 0 Å². The molecule has 3 aliphatic heterocycles. The minimum Gasteiger partial charge on any atom is -0.392 e. The molecule has 16 rings (SSSR count). The Hall–Kier alpha value is -2.24. The maximum atomic E-state index is 14.3. The van der Waals surface area contributed by atoms with Crippen LogP contribution in [0.3, 0.4) is 0 Å². The predicted octanol–water partition coefficient (Wildman–Crippen LogP) is 4.39. The Labute approximate surface area is 240 Å². The second-order valence-corrected chi connectivity index (χ2v) is 16.0. The monoisotopic (exact) mass is 548 g/mol. The van der Waals surface area contributed by atoms with Gasteiger partial charge in [-0.2, -0.15) is 0 Å². The average Bonchev–Trinajstić information content (AvgIpc) is 3.77. The molecule has 0 spiro atoms. The molecule has 3 heterocycles. The second kappa shape index (κ2) is 6.78. The summed E-state index contributed by atoms with van der Waals surface area (Å²) in [4.78, 5) is 28.6. The van der Waals surface area contributed by atoms with Gasteiger partial charge in [-0.25, -0.2) is 0 Å². The van der Waals surface area contributed by atoms with Crippen LogP contribution < -0.4 is 0 Å². The van der Waals surface area contributed by atoms with Crippen molar-refractivity contribution in [3.8, 4) is 0 Å². The van der Waals surface area contributed by atoms with E-state index in [4.69, 9.17) is 14.2 Å². The smallest absolute Gasteiger partial charge is 0.321 e. The van der Waals surface area contributed by atoms with Crippen LogP contribution in [0.1, 0.15) is 12.8 Å². The van der Waals surface area contributed by atoms with Crippen molar-refractivity contribution in [2.45, 2.75) is 12.8 Å². The molecule has 0 amide bonds. The summed E-state index contributed by atoms with van der Waals surface area (Å²) in [7, 11) is 0. The van der Waals surface area contributed by atoms with E-state index in [9.17, 15) is 9.59 Å². The third-order valence-electron chi connectivity index (χ3n) is 15.8. The Morgan fingerprint density at radius 1 is 0.512 bits per heavy atom. The van der Waals surface area contributed by atoms with Gasteiger partial charge in [0, 0.05) is 11.8 Å². The molecular weight excluding hydrogens is 512 g/mol. The van der Waals surface area contributed by atoms with Crippen LogP contribution in [-0.4, -0.2) is 38.4 Å². The zero-order valence-electron chi connectivity index (χ0n) is 23.1. The summed E-state index contributed by atoms with van der Waals surface area (Å²) in [6.45, 7) is 3.49. The highest BCUT2D eigenvalue weighted by Crippen LogP contribution is 2.80. The number of esters is 2. The van der Waals surface area contributed by atoms with E-state index in [-0.39, 0.29) is 23.8 Å². The molecular formula is C36H36O5. The first-order chi connectivity index (χ1) is 20.1. The van der Waals surface area contributed by atoms with E-state index in [2.05, 4.69) is 48.6 Å². The molecule has 16 aliphatic rings. The summed E-state index contributed by atoms with van der Waals surface area (Å²) in [5.41, 5.74) is 1.56. The number of hydrogen-bond donors (Lipinski definition) is 0. The summed E-state index contributed by atoms with van der Waals surface area (Å²) in [6.07, 6.45) is 21.3. The maximum absolute atomic E-state index is 14.3. The third-order valence-corrected chi connectivity index (χ3v) is 15.8. The molecule has 6 fully saturated rings. The van der Waals surface area contributed by atoms with Crippen molar-refractivity contribution in [3.63, 3.8) is 0 Å². The molecule has 5 nitrogen and oxygen atoms in total. The van der Waals surface area contributed by atoms with Crippen LogP contribution in [0.15, 0.2) is 59.8 Å². The lowest BCUT2D eigenvalue weighted by Gasteiger charge is -2.70. The molecule has 0 aromatic heterocycles. The fourth-order valence-electron chi connectivity index (χ4n) is 14.8. The molecule has 0 N–H and O–H groups in total. The van der Waals surface area contributed by atoms with Gasteiger partial charge in [0.05, 0.1) is 37.3 Å². The van der Waals surface area contributed by atoms with Gasteiger partial charge in [-0.3, -0.25) is 9.59 Å². The molecule has 8 bridgehead atoms. The van der Waals surface area contributed by atoms with E-state index in [0.29, 0.717) is 82.9 Å². The zero-order chi connectivity index (χ0) is 26.6. The van der Waals surface area contributed by atoms with Crippen LogP contribution >= 0.6 is 0 Å². The van der Waals surface area contributed by atoms with E-state index in [1.807, 2.05) is 0 Å². The Morgan fingerprint density at radius 2 is 0.902 bits per heavy atom. The van der Waals surface area contributed by atoms with Gasteiger partial charge in [-0.1, -0.05) is 59.8 Å². The van der Waals surface area contributed by atoms with Gasteiger partial charge in [0.15, 0.2) is 0 Å². The van der Waals surface area contributed by atoms with Crippen LogP contribution in [0.25, 0.3) is 0 Å². The Balaban J connectivity index is 1.05. The topological polar surface area (TPSA) is 61.8 Å². The molecule has 3 saturated carbocycles. The lowest BCUT2D eigenvalue weighted by atomic mass is 9.30. The Morgan fingerprint density at radius 3 is 1.32 bits per heavy atom. The molecule has 0 aromatic rings. The third kappa shape index (κ3) is 2.07. The van der Waals surface area contributed by atoms with E-state index in [1.54, 1.807) is 0 Å². The lowest BCUT2D eigenvalue weighted by molar-refractivity contribution is -0.192. The van der Waals surface area contributed by atoms with Crippen LogP contribution in [0.5, 0.6) is 0 Å². The van der Waals surface area contributed by atoms with Crippen molar-refractivity contribution in [1.29, 1.82) is 0 Å². The summed E-state index contributed by atoms with van der Waals surface area (Å²) < 4.78 is 18.1. The number of allylic oxidation sites excluding steroid dienone is 10. The summed E-state index contributed by atoms with van der Waals surface area (Å²) in [5.74, 6) is 6.91. The van der Waals surface area contributed by atoms with E-state index in [0.717, 1.165) is 39.3 Å². The second-order valence-electron chi connectivity index (χ2n) is 16.0. The average molecular weight is 549 g/mol. The SMILES string of the molecule is O=C1OC(=O)[C@@]23CC4=C(C[C@@]12[C@@H]1C=C[C@H]3C2C1[C@@H]1C=C[C@H]2C2COCC21)[C@@H]1C=C[C@H]4C2C1[C@@H]1C=C[C@H]2C2COCC21. The summed E-state index contributed by atoms with van der Waals surface area (Å²) in [5, 5.41) is 0. The number of carbonyl (C=O) groups excluding carboxylic acids is 2. The summed E-state index contributed by atoms with van der Waals surface area (Å²) in [6, 6.07) is 0. The normalized spacial score (nSPS) is 63.3. The minimum atomic E-state index is -0.743. The first kappa shape index (κ1) is 22.3. The van der Waals surface area contributed by atoms with Gasteiger partial charge in [0.1, 0.15) is 0 Å². The quantitative estimate of drug-likeness (QED) is 0.255. The standard InChI is InChI=1S/C36H36O5/c37-33-35-9-21-15-1-2-16(30-18-4-3-17(29(15)30)23-11-39-12-24(18)23)22(21)10-36(35,34(38)41-33)28-8-7-27(35)31-19-5-6-20(32(28)31)26-14-40-13-25(19)26/h1-8,15-20,23-32H,9-14H2/t15-,16+,17+,18-,19+,20-,23?,24?,25?,26?,27+,28-,29?,30?,31?,32?,35+,36-. The molecule has 3 saturated heterocycles. The van der Waals surface area contributed by atoms with Gasteiger partial charge in [0.25, 0.3) is 0 Å². The molecule has 0 radical (unpaired) electrons. The molecule has 210 valence electrons. The fourth-order valence-corrected chi connectivity index (χ4v) is 14.8. The van der Waals surface area contributed by atoms with Crippen LogP contribution in [0.4, 0.5) is 0 Å². The van der Waals surface area contributed by atoms with Crippen molar-refractivity contribution in [2.75, 3.05) is 26.4 Å². The van der Waals surface area contributed by atoms with Crippen LogP contribution in [0.2, 0.25) is 0 Å². The van der Waals surface area contributed by atoms with Crippen molar-refractivity contribution < 1.29 is 23.8 Å². The first-order valence-corrected chi connectivity index (χ1v) is 16.5. The number of carbonyl (C=O) groups is 2.